The number of terminal acetylenes is 1. The fraction of sp³-hybridized carbons (Fsp3) is 0.0714. The van der Waals surface area contributed by atoms with E-state index in [4.69, 9.17) is 16.9 Å². The van der Waals surface area contributed by atoms with E-state index in [1.807, 2.05) is 30.3 Å². The van der Waals surface area contributed by atoms with Crippen LogP contribution in [0.25, 0.3) is 11.2 Å². The van der Waals surface area contributed by atoms with Gasteiger partial charge < -0.3 is 10.5 Å². The summed E-state index contributed by atoms with van der Waals surface area (Å²) in [6.07, 6.45) is 6.84. The first-order valence-corrected chi connectivity index (χ1v) is 5.92. The van der Waals surface area contributed by atoms with Gasteiger partial charge in [0, 0.05) is 6.04 Å². The highest BCUT2D eigenvalue weighted by molar-refractivity contribution is 5.78. The smallest absolute Gasteiger partial charge is 0.247 e. The molecule has 6 heteroatoms. The van der Waals surface area contributed by atoms with Crippen molar-refractivity contribution in [3.63, 3.8) is 0 Å². The number of fused-ring (bicyclic) bond motifs is 1. The van der Waals surface area contributed by atoms with E-state index < -0.39 is 0 Å². The van der Waals surface area contributed by atoms with Crippen molar-refractivity contribution < 1.29 is 4.74 Å². The Bertz CT molecular complexity index is 788. The zero-order valence-electron chi connectivity index (χ0n) is 10.5. The molecule has 6 nitrogen and oxygen atoms in total. The van der Waals surface area contributed by atoms with Crippen molar-refractivity contribution >= 4 is 17.1 Å². The van der Waals surface area contributed by atoms with E-state index in [9.17, 15) is 0 Å². The topological polar surface area (TPSA) is 78.8 Å². The van der Waals surface area contributed by atoms with Crippen molar-refractivity contribution in [1.29, 1.82) is 0 Å². The second kappa shape index (κ2) is 4.90. The molecule has 3 aromatic rings. The molecular weight excluding hydrogens is 254 g/mol. The summed E-state index contributed by atoms with van der Waals surface area (Å²) in [4.78, 5) is 12.3. The van der Waals surface area contributed by atoms with Crippen LogP contribution in [0.4, 0.5) is 5.95 Å². The van der Waals surface area contributed by atoms with E-state index in [0.717, 1.165) is 5.56 Å². The Balaban J connectivity index is 1.95. The lowest BCUT2D eigenvalue weighted by Crippen LogP contribution is -2.03. The van der Waals surface area contributed by atoms with Gasteiger partial charge in [-0.25, -0.2) is 9.55 Å². The van der Waals surface area contributed by atoms with Crippen LogP contribution in [-0.2, 0) is 6.61 Å². The fourth-order valence-electron chi connectivity index (χ4n) is 1.81. The first-order chi connectivity index (χ1) is 9.78. The summed E-state index contributed by atoms with van der Waals surface area (Å²) in [5.41, 5.74) is 7.64. The second-order valence-corrected chi connectivity index (χ2v) is 4.08. The zero-order valence-corrected chi connectivity index (χ0v) is 10.5. The van der Waals surface area contributed by atoms with Gasteiger partial charge in [0.1, 0.15) is 12.9 Å². The molecule has 2 N–H and O–H groups in total. The fourth-order valence-corrected chi connectivity index (χ4v) is 1.81. The molecule has 0 aliphatic rings. The van der Waals surface area contributed by atoms with E-state index in [0.29, 0.717) is 23.7 Å². The summed E-state index contributed by atoms with van der Waals surface area (Å²) >= 11 is 0. The maximum absolute atomic E-state index is 5.67. The lowest BCUT2D eigenvalue weighted by atomic mass is 10.2. The van der Waals surface area contributed by atoms with Gasteiger partial charge in [0.05, 0.1) is 0 Å². The first-order valence-electron chi connectivity index (χ1n) is 5.92. The molecule has 0 radical (unpaired) electrons. The molecule has 0 bridgehead atoms. The molecule has 0 saturated heterocycles. The SMILES string of the molecule is C#Cn1cnc2c(OCc3ccccc3)nc(N)nc21. The van der Waals surface area contributed by atoms with Crippen LogP contribution >= 0.6 is 0 Å². The first kappa shape index (κ1) is 12.0. The number of hydrogen-bond acceptors (Lipinski definition) is 5. The van der Waals surface area contributed by atoms with Crippen molar-refractivity contribution in [3.05, 3.63) is 42.2 Å². The lowest BCUT2D eigenvalue weighted by Gasteiger charge is -2.06. The molecular formula is C14H11N5O. The van der Waals surface area contributed by atoms with E-state index in [1.165, 1.54) is 10.9 Å². The average Bonchev–Trinajstić information content (AvgIpc) is 2.88. The molecule has 0 amide bonds. The molecule has 0 spiro atoms. The minimum Gasteiger partial charge on any atom is -0.471 e. The Morgan fingerprint density at radius 3 is 2.80 bits per heavy atom. The number of ether oxygens (including phenoxy) is 1. The number of nitrogen functional groups attached to an aromatic ring is 1. The third-order valence-corrected chi connectivity index (χ3v) is 2.74. The molecule has 2 aromatic heterocycles. The van der Waals surface area contributed by atoms with E-state index in [-0.39, 0.29) is 5.95 Å². The summed E-state index contributed by atoms with van der Waals surface area (Å²) < 4.78 is 7.10. The third kappa shape index (κ3) is 2.12. The molecule has 0 atom stereocenters. The molecule has 20 heavy (non-hydrogen) atoms. The number of rotatable bonds is 3. The molecule has 3 rings (SSSR count). The van der Waals surface area contributed by atoms with Crippen LogP contribution in [0.1, 0.15) is 5.56 Å². The Hall–Kier alpha value is -3.07. The van der Waals surface area contributed by atoms with Crippen LogP contribution in [0.5, 0.6) is 5.88 Å². The minimum absolute atomic E-state index is 0.0950. The molecule has 0 fully saturated rings. The van der Waals surface area contributed by atoms with Gasteiger partial charge in [0.25, 0.3) is 0 Å². The minimum atomic E-state index is 0.0950. The van der Waals surface area contributed by atoms with Gasteiger partial charge in [-0.2, -0.15) is 9.97 Å². The highest BCUT2D eigenvalue weighted by atomic mass is 16.5. The number of imidazole rings is 1. The molecule has 0 aliphatic carbocycles. The number of anilines is 1. The predicted molar refractivity (Wildman–Crippen MR) is 74.7 cm³/mol. The number of nitrogens with zero attached hydrogens (tertiary/aromatic N) is 4. The van der Waals surface area contributed by atoms with Crippen molar-refractivity contribution in [2.24, 2.45) is 0 Å². The summed E-state index contributed by atoms with van der Waals surface area (Å²) in [7, 11) is 0. The molecule has 0 aliphatic heterocycles. The van der Waals surface area contributed by atoms with Gasteiger partial charge in [-0.15, -0.1) is 0 Å². The molecule has 98 valence electrons. The van der Waals surface area contributed by atoms with Crippen LogP contribution in [0.3, 0.4) is 0 Å². The van der Waals surface area contributed by atoms with E-state index in [1.54, 1.807) is 0 Å². The van der Waals surface area contributed by atoms with Crippen molar-refractivity contribution in [2.45, 2.75) is 6.61 Å². The van der Waals surface area contributed by atoms with Crippen molar-refractivity contribution in [2.75, 3.05) is 5.73 Å². The van der Waals surface area contributed by atoms with E-state index >= 15 is 0 Å². The summed E-state index contributed by atoms with van der Waals surface area (Å²) in [5.74, 6) is 0.419. The standard InChI is InChI=1S/C14H11N5O/c1-2-19-9-16-11-12(19)17-14(15)18-13(11)20-8-10-6-4-3-5-7-10/h1,3-7,9H,8H2,(H2,15,17,18). The Morgan fingerprint density at radius 1 is 1.25 bits per heavy atom. The molecule has 0 saturated carbocycles. The predicted octanol–water partition coefficient (Wildman–Crippen LogP) is 1.43. The maximum atomic E-state index is 5.67. The lowest BCUT2D eigenvalue weighted by molar-refractivity contribution is 0.297. The quantitative estimate of drug-likeness (QED) is 0.725. The number of aromatic nitrogens is 4. The van der Waals surface area contributed by atoms with Crippen LogP contribution in [0.15, 0.2) is 36.7 Å². The summed E-state index contributed by atoms with van der Waals surface area (Å²) in [5, 5.41) is 0. The van der Waals surface area contributed by atoms with E-state index in [2.05, 4.69) is 21.0 Å². The largest absolute Gasteiger partial charge is 0.471 e. The highest BCUT2D eigenvalue weighted by Gasteiger charge is 2.12. The van der Waals surface area contributed by atoms with Gasteiger partial charge in [0.2, 0.25) is 11.8 Å². The van der Waals surface area contributed by atoms with Gasteiger partial charge in [-0.05, 0) is 5.56 Å². The van der Waals surface area contributed by atoms with Crippen LogP contribution in [0, 0.1) is 12.5 Å². The Labute approximate surface area is 115 Å². The van der Waals surface area contributed by atoms with Gasteiger partial charge in [-0.3, -0.25) is 0 Å². The second-order valence-electron chi connectivity index (χ2n) is 4.08. The van der Waals surface area contributed by atoms with Crippen LogP contribution < -0.4 is 10.5 Å². The summed E-state index contributed by atoms with van der Waals surface area (Å²) in [6.45, 7) is 0.370. The van der Waals surface area contributed by atoms with Crippen molar-refractivity contribution in [3.8, 4) is 18.3 Å². The number of hydrogen-bond donors (Lipinski definition) is 1. The average molecular weight is 265 g/mol. The monoisotopic (exact) mass is 265 g/mol. The van der Waals surface area contributed by atoms with Gasteiger partial charge >= 0.3 is 0 Å². The Morgan fingerprint density at radius 2 is 2.05 bits per heavy atom. The molecule has 0 unspecified atom stereocenters. The van der Waals surface area contributed by atoms with Crippen LogP contribution in [0.2, 0.25) is 0 Å². The summed E-state index contributed by atoms with van der Waals surface area (Å²) in [6, 6.07) is 12.2. The number of nitrogens with two attached hydrogens (primary N) is 1. The third-order valence-electron chi connectivity index (χ3n) is 2.74. The van der Waals surface area contributed by atoms with Gasteiger partial charge in [0.15, 0.2) is 11.2 Å². The maximum Gasteiger partial charge on any atom is 0.247 e. The number of benzene rings is 1. The Kier molecular flexibility index (Phi) is 2.94. The normalized spacial score (nSPS) is 10.3. The highest BCUT2D eigenvalue weighted by Crippen LogP contribution is 2.22. The molecule has 2 heterocycles. The zero-order chi connectivity index (χ0) is 13.9. The van der Waals surface area contributed by atoms with Gasteiger partial charge in [-0.1, -0.05) is 36.8 Å². The molecule has 1 aromatic carbocycles. The van der Waals surface area contributed by atoms with Crippen LogP contribution in [-0.4, -0.2) is 19.5 Å². The van der Waals surface area contributed by atoms with Crippen molar-refractivity contribution in [1.82, 2.24) is 19.5 Å².